The maximum atomic E-state index is 10.5. The molecule has 2 saturated heterocycles. The number of nitrogens with two attached hydrogens (primary N) is 2. The Morgan fingerprint density at radius 3 is 1.15 bits per heavy atom. The van der Waals surface area contributed by atoms with Crippen molar-refractivity contribution in [3.63, 3.8) is 0 Å². The first kappa shape index (κ1) is 16.8. The van der Waals surface area contributed by atoms with Crippen molar-refractivity contribution in [2.75, 3.05) is 26.2 Å². The van der Waals surface area contributed by atoms with Gasteiger partial charge in [0.25, 0.3) is 0 Å². The highest BCUT2D eigenvalue weighted by molar-refractivity contribution is 5.79. The lowest BCUT2D eigenvalue weighted by atomic mass is 9.90. The highest BCUT2D eigenvalue weighted by Gasteiger charge is 2.35. The second-order valence-corrected chi connectivity index (χ2v) is 5.42. The molecule has 0 aromatic heterocycles. The molecule has 0 unspecified atom stereocenters. The van der Waals surface area contributed by atoms with Gasteiger partial charge in [0.1, 0.15) is 11.1 Å². The van der Waals surface area contributed by atoms with Crippen molar-refractivity contribution in [3.05, 3.63) is 0 Å². The van der Waals surface area contributed by atoms with Crippen molar-refractivity contribution in [1.82, 2.24) is 10.6 Å². The van der Waals surface area contributed by atoms with E-state index in [9.17, 15) is 9.59 Å². The van der Waals surface area contributed by atoms with Crippen LogP contribution in [-0.2, 0) is 9.59 Å². The van der Waals surface area contributed by atoms with E-state index in [-0.39, 0.29) is 0 Å². The normalized spacial score (nSPS) is 24.1. The van der Waals surface area contributed by atoms with Crippen LogP contribution in [0.1, 0.15) is 25.7 Å². The van der Waals surface area contributed by atoms with Crippen LogP contribution in [0.15, 0.2) is 0 Å². The molecule has 8 N–H and O–H groups in total. The largest absolute Gasteiger partial charge is 0.480 e. The molecule has 0 aromatic rings. The van der Waals surface area contributed by atoms with E-state index in [1.54, 1.807) is 0 Å². The van der Waals surface area contributed by atoms with E-state index in [2.05, 4.69) is 10.6 Å². The van der Waals surface area contributed by atoms with Crippen LogP contribution in [0.4, 0.5) is 0 Å². The summed E-state index contributed by atoms with van der Waals surface area (Å²) in [6.07, 6.45) is 2.12. The molecule has 0 atom stereocenters. The van der Waals surface area contributed by atoms with E-state index in [0.717, 1.165) is 0 Å². The van der Waals surface area contributed by atoms with Gasteiger partial charge in [-0.25, -0.2) is 0 Å². The highest BCUT2D eigenvalue weighted by atomic mass is 16.4. The van der Waals surface area contributed by atoms with Crippen LogP contribution in [0.5, 0.6) is 0 Å². The lowest BCUT2D eigenvalue weighted by Crippen LogP contribution is -2.54. The summed E-state index contributed by atoms with van der Waals surface area (Å²) in [5, 5.41) is 23.4. The van der Waals surface area contributed by atoms with Crippen molar-refractivity contribution >= 4 is 11.9 Å². The van der Waals surface area contributed by atoms with Gasteiger partial charge in [-0.05, 0) is 51.9 Å². The number of hydrogen-bond donors (Lipinski definition) is 6. The summed E-state index contributed by atoms with van der Waals surface area (Å²) >= 11 is 0. The smallest absolute Gasteiger partial charge is 0.323 e. The summed E-state index contributed by atoms with van der Waals surface area (Å²) in [5.41, 5.74) is 9.19. The first-order valence-corrected chi connectivity index (χ1v) is 6.76. The Kier molecular flexibility index (Phi) is 5.88. The van der Waals surface area contributed by atoms with E-state index >= 15 is 0 Å². The van der Waals surface area contributed by atoms with E-state index in [1.807, 2.05) is 0 Å². The van der Waals surface area contributed by atoms with Crippen LogP contribution in [0.3, 0.4) is 0 Å². The van der Waals surface area contributed by atoms with Crippen molar-refractivity contribution in [2.24, 2.45) is 11.5 Å². The Labute approximate surface area is 117 Å². The number of carboxylic acids is 2. The SMILES string of the molecule is NC1(C(=O)O)CCNCC1.NC1(C(=O)O)CCNCC1. The summed E-state index contributed by atoms with van der Waals surface area (Å²) in [6.45, 7) is 2.84. The fourth-order valence-electron chi connectivity index (χ4n) is 2.17. The van der Waals surface area contributed by atoms with Crippen LogP contribution in [0.2, 0.25) is 0 Å². The van der Waals surface area contributed by atoms with Crippen molar-refractivity contribution in [3.8, 4) is 0 Å². The minimum atomic E-state index is -0.967. The summed E-state index contributed by atoms with van der Waals surface area (Å²) in [4.78, 5) is 21.0. The molecule has 116 valence electrons. The average Bonchev–Trinajstić information content (AvgIpc) is 2.41. The molecule has 2 heterocycles. The van der Waals surface area contributed by atoms with E-state index in [0.29, 0.717) is 51.9 Å². The fourth-order valence-corrected chi connectivity index (χ4v) is 2.17. The maximum absolute atomic E-state index is 10.5. The number of rotatable bonds is 2. The average molecular weight is 288 g/mol. The number of piperidine rings is 2. The van der Waals surface area contributed by atoms with Gasteiger partial charge in [0, 0.05) is 0 Å². The van der Waals surface area contributed by atoms with Crippen LogP contribution >= 0.6 is 0 Å². The van der Waals surface area contributed by atoms with Gasteiger partial charge in [0.15, 0.2) is 0 Å². The molecule has 0 saturated carbocycles. The van der Waals surface area contributed by atoms with E-state index in [4.69, 9.17) is 21.7 Å². The van der Waals surface area contributed by atoms with Gasteiger partial charge in [0.2, 0.25) is 0 Å². The molecule has 2 aliphatic heterocycles. The molecule has 0 aliphatic carbocycles. The third-order valence-electron chi connectivity index (χ3n) is 3.84. The van der Waals surface area contributed by atoms with E-state index < -0.39 is 23.0 Å². The Hall–Kier alpha value is -1.22. The van der Waals surface area contributed by atoms with Gasteiger partial charge in [-0.2, -0.15) is 0 Å². The zero-order valence-corrected chi connectivity index (χ0v) is 11.5. The lowest BCUT2D eigenvalue weighted by molar-refractivity contribution is -0.145. The predicted octanol–water partition coefficient (Wildman–Crippen LogP) is -1.70. The summed E-state index contributed by atoms with van der Waals surface area (Å²) in [5.74, 6) is -1.76. The molecular formula is C12H24N4O4. The molecule has 0 radical (unpaired) electrons. The van der Waals surface area contributed by atoms with Gasteiger partial charge in [0.05, 0.1) is 0 Å². The molecule has 20 heavy (non-hydrogen) atoms. The molecule has 8 nitrogen and oxygen atoms in total. The third-order valence-corrected chi connectivity index (χ3v) is 3.84. The molecule has 8 heteroatoms. The van der Waals surface area contributed by atoms with Crippen LogP contribution in [0, 0.1) is 0 Å². The summed E-state index contributed by atoms with van der Waals surface area (Å²) < 4.78 is 0. The van der Waals surface area contributed by atoms with Gasteiger partial charge >= 0.3 is 11.9 Å². The Bertz CT molecular complexity index is 315. The second kappa shape index (κ2) is 6.98. The molecule has 0 amide bonds. The standard InChI is InChI=1S/2C6H12N2O2/c2*7-6(5(9)10)1-3-8-4-2-6/h2*8H,1-4,7H2,(H,9,10). The predicted molar refractivity (Wildman–Crippen MR) is 73.3 cm³/mol. The van der Waals surface area contributed by atoms with Gasteiger partial charge in [-0.15, -0.1) is 0 Å². The monoisotopic (exact) mass is 288 g/mol. The minimum absolute atomic E-state index is 0.530. The highest BCUT2D eigenvalue weighted by Crippen LogP contribution is 2.14. The second-order valence-electron chi connectivity index (χ2n) is 5.42. The number of carbonyl (C=O) groups is 2. The zero-order chi connectivity index (χ0) is 15.2. The molecule has 0 aromatic carbocycles. The van der Waals surface area contributed by atoms with E-state index in [1.165, 1.54) is 0 Å². The van der Waals surface area contributed by atoms with Gasteiger partial charge in [-0.1, -0.05) is 0 Å². The zero-order valence-electron chi connectivity index (χ0n) is 11.5. The van der Waals surface area contributed by atoms with Crippen molar-refractivity contribution in [1.29, 1.82) is 0 Å². The quantitative estimate of drug-likeness (QED) is 0.352. The topological polar surface area (TPSA) is 151 Å². The third kappa shape index (κ3) is 4.41. The Morgan fingerprint density at radius 1 is 0.750 bits per heavy atom. The van der Waals surface area contributed by atoms with Crippen LogP contribution in [0.25, 0.3) is 0 Å². The van der Waals surface area contributed by atoms with Crippen LogP contribution in [-0.4, -0.2) is 59.4 Å². The Balaban J connectivity index is 0.000000200. The summed E-state index contributed by atoms with van der Waals surface area (Å²) in [7, 11) is 0. The Morgan fingerprint density at radius 2 is 1.00 bits per heavy atom. The summed E-state index contributed by atoms with van der Waals surface area (Å²) in [6, 6.07) is 0. The molecule has 2 aliphatic rings. The molecular weight excluding hydrogens is 264 g/mol. The maximum Gasteiger partial charge on any atom is 0.323 e. The molecule has 0 bridgehead atoms. The number of aliphatic carboxylic acids is 2. The van der Waals surface area contributed by atoms with Crippen LogP contribution < -0.4 is 22.1 Å². The van der Waals surface area contributed by atoms with Gasteiger partial charge in [-0.3, -0.25) is 9.59 Å². The fraction of sp³-hybridized carbons (Fsp3) is 0.833. The lowest BCUT2D eigenvalue weighted by Gasteiger charge is -2.29. The number of hydrogen-bond acceptors (Lipinski definition) is 6. The molecule has 2 rings (SSSR count). The first-order valence-electron chi connectivity index (χ1n) is 6.76. The first-order chi connectivity index (χ1) is 9.30. The van der Waals surface area contributed by atoms with Gasteiger partial charge < -0.3 is 32.3 Å². The molecule has 0 spiro atoms. The molecule has 2 fully saturated rings. The van der Waals surface area contributed by atoms with Crippen molar-refractivity contribution < 1.29 is 19.8 Å². The number of nitrogens with one attached hydrogen (secondary N) is 2. The number of carboxylic acid groups (broad SMARTS) is 2. The minimum Gasteiger partial charge on any atom is -0.480 e. The van der Waals surface area contributed by atoms with Crippen molar-refractivity contribution in [2.45, 2.75) is 36.8 Å².